The number of thiazole rings is 1. The topological polar surface area (TPSA) is 45.2 Å². The van der Waals surface area contributed by atoms with Crippen molar-refractivity contribution in [1.29, 1.82) is 0 Å². The highest BCUT2D eigenvalue weighted by molar-refractivity contribution is 7.99. The summed E-state index contributed by atoms with van der Waals surface area (Å²) in [6.45, 7) is 5.34. The molecule has 1 fully saturated rings. The number of carbonyl (C=O) groups excluding carboxylic acids is 1. The first kappa shape index (κ1) is 18.7. The van der Waals surface area contributed by atoms with Crippen LogP contribution >= 0.6 is 34.4 Å². The number of amides is 1. The standard InChI is InChI=1S/C20H21N3OS3/c1-14-11-15(13-23-6-9-25-10-7-23)4-5-16(14)22-19(24)18-12-21-20(27-18)17-3-2-8-26-17/h2-5,8,11-12H,6-7,9-10,13H2,1H3,(H,22,24). The monoisotopic (exact) mass is 415 g/mol. The number of hydrogen-bond acceptors (Lipinski definition) is 6. The number of aromatic nitrogens is 1. The zero-order valence-electron chi connectivity index (χ0n) is 15.1. The zero-order chi connectivity index (χ0) is 18.6. The number of carbonyl (C=O) groups is 1. The molecule has 3 aromatic rings. The zero-order valence-corrected chi connectivity index (χ0v) is 17.6. The predicted molar refractivity (Wildman–Crippen MR) is 117 cm³/mol. The minimum absolute atomic E-state index is 0.0980. The third kappa shape index (κ3) is 4.60. The minimum Gasteiger partial charge on any atom is -0.321 e. The van der Waals surface area contributed by atoms with Gasteiger partial charge in [-0.3, -0.25) is 9.69 Å². The molecule has 3 heterocycles. The van der Waals surface area contributed by atoms with Crippen LogP contribution in [0.15, 0.2) is 41.9 Å². The lowest BCUT2D eigenvalue weighted by atomic mass is 10.1. The van der Waals surface area contributed by atoms with Crippen molar-refractivity contribution >= 4 is 46.0 Å². The van der Waals surface area contributed by atoms with E-state index in [2.05, 4.69) is 34.3 Å². The fourth-order valence-corrected chi connectivity index (χ4v) is 5.65. The Morgan fingerprint density at radius 3 is 2.85 bits per heavy atom. The van der Waals surface area contributed by atoms with Crippen molar-refractivity contribution in [1.82, 2.24) is 9.88 Å². The number of rotatable bonds is 5. The molecular formula is C20H21N3OS3. The van der Waals surface area contributed by atoms with Gasteiger partial charge in [0.25, 0.3) is 5.91 Å². The first-order chi connectivity index (χ1) is 13.2. The Labute approximate surface area is 171 Å². The van der Waals surface area contributed by atoms with E-state index in [1.54, 1.807) is 17.5 Å². The van der Waals surface area contributed by atoms with Crippen LogP contribution in [0.4, 0.5) is 5.69 Å². The number of thioether (sulfide) groups is 1. The molecule has 0 bridgehead atoms. The van der Waals surface area contributed by atoms with E-state index in [-0.39, 0.29) is 5.91 Å². The second kappa shape index (κ2) is 8.56. The molecule has 27 heavy (non-hydrogen) atoms. The maximum Gasteiger partial charge on any atom is 0.267 e. The van der Waals surface area contributed by atoms with Gasteiger partial charge in [0.1, 0.15) is 9.88 Å². The summed E-state index contributed by atoms with van der Waals surface area (Å²) in [5, 5.41) is 5.94. The summed E-state index contributed by atoms with van der Waals surface area (Å²) in [5.74, 6) is 2.34. The molecule has 4 nitrogen and oxygen atoms in total. The molecule has 2 aromatic heterocycles. The normalized spacial score (nSPS) is 15.0. The number of thiophene rings is 1. The van der Waals surface area contributed by atoms with Crippen LogP contribution in [0, 0.1) is 6.92 Å². The third-order valence-corrected chi connectivity index (χ3v) is 7.49. The fraction of sp³-hybridized carbons (Fsp3) is 0.300. The van der Waals surface area contributed by atoms with E-state index in [0.29, 0.717) is 4.88 Å². The van der Waals surface area contributed by atoms with Crippen LogP contribution in [0.2, 0.25) is 0 Å². The van der Waals surface area contributed by atoms with Crippen LogP contribution in [0.1, 0.15) is 20.8 Å². The molecule has 0 radical (unpaired) electrons. The summed E-state index contributed by atoms with van der Waals surface area (Å²) in [6, 6.07) is 10.3. The van der Waals surface area contributed by atoms with Crippen LogP contribution in [0.3, 0.4) is 0 Å². The largest absolute Gasteiger partial charge is 0.321 e. The second-order valence-corrected chi connectivity index (χ2v) is 9.70. The molecule has 4 rings (SSSR count). The second-order valence-electron chi connectivity index (χ2n) is 6.50. The van der Waals surface area contributed by atoms with Gasteiger partial charge in [-0.1, -0.05) is 18.2 Å². The highest BCUT2D eigenvalue weighted by Gasteiger charge is 2.15. The highest BCUT2D eigenvalue weighted by atomic mass is 32.2. The van der Waals surface area contributed by atoms with E-state index < -0.39 is 0 Å². The maximum absolute atomic E-state index is 12.6. The molecule has 1 aliphatic heterocycles. The number of benzene rings is 1. The van der Waals surface area contributed by atoms with Gasteiger partial charge in [0, 0.05) is 36.8 Å². The molecule has 0 unspecified atom stereocenters. The van der Waals surface area contributed by atoms with Gasteiger partial charge in [-0.2, -0.15) is 11.8 Å². The van der Waals surface area contributed by atoms with Crippen LogP contribution in [0.25, 0.3) is 9.88 Å². The van der Waals surface area contributed by atoms with Crippen LogP contribution < -0.4 is 5.32 Å². The molecule has 140 valence electrons. The smallest absolute Gasteiger partial charge is 0.267 e. The Morgan fingerprint density at radius 2 is 2.11 bits per heavy atom. The Balaban J connectivity index is 1.42. The molecule has 0 spiro atoms. The Hall–Kier alpha value is -1.67. The lowest BCUT2D eigenvalue weighted by molar-refractivity contribution is 0.103. The van der Waals surface area contributed by atoms with Gasteiger partial charge in [0.05, 0.1) is 11.1 Å². The van der Waals surface area contributed by atoms with Crippen molar-refractivity contribution in [3.8, 4) is 9.88 Å². The van der Waals surface area contributed by atoms with E-state index in [4.69, 9.17) is 0 Å². The summed E-state index contributed by atoms with van der Waals surface area (Å²) in [6.07, 6.45) is 1.66. The Bertz CT molecular complexity index is 914. The van der Waals surface area contributed by atoms with Gasteiger partial charge < -0.3 is 5.32 Å². The van der Waals surface area contributed by atoms with Crippen molar-refractivity contribution < 1.29 is 4.79 Å². The number of anilines is 1. The number of nitrogens with one attached hydrogen (secondary N) is 1. The first-order valence-electron chi connectivity index (χ1n) is 8.90. The van der Waals surface area contributed by atoms with Gasteiger partial charge >= 0.3 is 0 Å². The van der Waals surface area contributed by atoms with E-state index >= 15 is 0 Å². The predicted octanol–water partition coefficient (Wildman–Crippen LogP) is 4.98. The summed E-state index contributed by atoms with van der Waals surface area (Å²) in [4.78, 5) is 21.2. The lowest BCUT2D eigenvalue weighted by Gasteiger charge is -2.26. The van der Waals surface area contributed by atoms with Crippen LogP contribution in [-0.2, 0) is 6.54 Å². The third-order valence-electron chi connectivity index (χ3n) is 4.51. The van der Waals surface area contributed by atoms with Crippen LogP contribution in [-0.4, -0.2) is 40.4 Å². The summed E-state index contributed by atoms with van der Waals surface area (Å²) in [7, 11) is 0. The van der Waals surface area contributed by atoms with Gasteiger partial charge in [-0.15, -0.1) is 22.7 Å². The maximum atomic E-state index is 12.6. The summed E-state index contributed by atoms with van der Waals surface area (Å²) in [5.41, 5.74) is 3.26. The van der Waals surface area contributed by atoms with Crippen molar-refractivity contribution in [3.05, 3.63) is 57.9 Å². The summed E-state index contributed by atoms with van der Waals surface area (Å²) < 4.78 is 0. The quantitative estimate of drug-likeness (QED) is 0.638. The van der Waals surface area contributed by atoms with Gasteiger partial charge in [0.2, 0.25) is 0 Å². The lowest BCUT2D eigenvalue weighted by Crippen LogP contribution is -2.31. The average Bonchev–Trinajstić information content (AvgIpc) is 3.36. The van der Waals surface area contributed by atoms with Crippen molar-refractivity contribution in [3.63, 3.8) is 0 Å². The molecule has 1 N–H and O–H groups in total. The van der Waals surface area contributed by atoms with Crippen LogP contribution in [0.5, 0.6) is 0 Å². The molecule has 1 aromatic carbocycles. The summed E-state index contributed by atoms with van der Waals surface area (Å²) >= 11 is 5.09. The average molecular weight is 416 g/mol. The van der Waals surface area contributed by atoms with Crippen molar-refractivity contribution in [2.45, 2.75) is 13.5 Å². The number of nitrogens with zero attached hydrogens (tertiary/aromatic N) is 2. The Kier molecular flexibility index (Phi) is 5.92. The SMILES string of the molecule is Cc1cc(CN2CCSCC2)ccc1NC(=O)c1cnc(-c2cccs2)s1. The Morgan fingerprint density at radius 1 is 1.26 bits per heavy atom. The van der Waals surface area contributed by atoms with E-state index in [0.717, 1.165) is 40.8 Å². The highest BCUT2D eigenvalue weighted by Crippen LogP contribution is 2.29. The molecule has 1 amide bonds. The molecule has 7 heteroatoms. The molecule has 1 aliphatic rings. The number of aryl methyl sites for hydroxylation is 1. The van der Waals surface area contributed by atoms with E-state index in [1.165, 1.54) is 28.4 Å². The molecule has 0 atom stereocenters. The van der Waals surface area contributed by atoms with Crippen molar-refractivity contribution in [2.75, 3.05) is 29.9 Å². The molecule has 0 aliphatic carbocycles. The van der Waals surface area contributed by atoms with Gasteiger partial charge in [-0.05, 0) is 35.6 Å². The van der Waals surface area contributed by atoms with Gasteiger partial charge in [0.15, 0.2) is 0 Å². The van der Waals surface area contributed by atoms with E-state index in [1.807, 2.05) is 35.3 Å². The molecule has 1 saturated heterocycles. The van der Waals surface area contributed by atoms with E-state index in [9.17, 15) is 4.79 Å². The number of hydrogen-bond donors (Lipinski definition) is 1. The van der Waals surface area contributed by atoms with Crippen molar-refractivity contribution in [2.24, 2.45) is 0 Å². The molecule has 0 saturated carbocycles. The van der Waals surface area contributed by atoms with Gasteiger partial charge in [-0.25, -0.2) is 4.98 Å². The minimum atomic E-state index is -0.0980. The fourth-order valence-electron chi connectivity index (χ4n) is 3.06. The molecular weight excluding hydrogens is 394 g/mol. The first-order valence-corrected chi connectivity index (χ1v) is 11.7.